The molecule has 0 unspecified atom stereocenters. The Morgan fingerprint density at radius 1 is 1.12 bits per heavy atom. The summed E-state index contributed by atoms with van der Waals surface area (Å²) in [6, 6.07) is 8.52. The number of halogens is 3. The monoisotopic (exact) mass is 375 g/mol. The molecule has 6 nitrogen and oxygen atoms in total. The summed E-state index contributed by atoms with van der Waals surface area (Å²) >= 11 is 0. The van der Waals surface area contributed by atoms with E-state index in [1.165, 1.54) is 24.3 Å². The van der Waals surface area contributed by atoms with E-state index in [1.54, 1.807) is 0 Å². The Kier molecular flexibility index (Phi) is 5.21. The van der Waals surface area contributed by atoms with Crippen molar-refractivity contribution >= 4 is 21.7 Å². The van der Waals surface area contributed by atoms with Crippen molar-refractivity contribution < 1.29 is 36.2 Å². The van der Waals surface area contributed by atoms with Crippen molar-refractivity contribution in [2.24, 2.45) is 0 Å². The maximum Gasteiger partial charge on any atom is 0.416 e. The highest BCUT2D eigenvalue weighted by molar-refractivity contribution is 7.92. The number of rotatable bonds is 6. The lowest BCUT2D eigenvalue weighted by Crippen LogP contribution is -2.14. The number of hydrogen-bond acceptors (Lipinski definition) is 4. The average molecular weight is 375 g/mol. The molecule has 0 aliphatic carbocycles. The number of alkyl halides is 3. The van der Waals surface area contributed by atoms with Crippen molar-refractivity contribution in [3.05, 3.63) is 54.1 Å². The first-order valence-corrected chi connectivity index (χ1v) is 8.21. The van der Waals surface area contributed by atoms with Crippen molar-refractivity contribution in [3.63, 3.8) is 0 Å². The number of benzene rings is 2. The third kappa shape index (κ3) is 5.11. The van der Waals surface area contributed by atoms with E-state index in [0.717, 1.165) is 12.1 Å². The molecule has 2 N–H and O–H groups in total. The topological polar surface area (TPSA) is 92.7 Å². The van der Waals surface area contributed by atoms with Crippen LogP contribution in [-0.2, 0) is 21.0 Å². The van der Waals surface area contributed by atoms with E-state index in [9.17, 15) is 26.4 Å². The van der Waals surface area contributed by atoms with Crippen LogP contribution in [0, 0.1) is 0 Å². The van der Waals surface area contributed by atoms with E-state index in [-0.39, 0.29) is 16.3 Å². The summed E-state index contributed by atoms with van der Waals surface area (Å²) in [7, 11) is -4.11. The van der Waals surface area contributed by atoms with Gasteiger partial charge in [0.2, 0.25) is 0 Å². The average Bonchev–Trinajstić information content (AvgIpc) is 2.52. The Morgan fingerprint density at radius 2 is 1.76 bits per heavy atom. The number of carboxylic acids is 1. The second-order valence-corrected chi connectivity index (χ2v) is 6.52. The van der Waals surface area contributed by atoms with Crippen LogP contribution in [0.1, 0.15) is 5.56 Å². The second-order valence-electron chi connectivity index (χ2n) is 4.84. The molecule has 0 saturated carbocycles. The predicted octanol–water partition coefficient (Wildman–Crippen LogP) is 2.97. The van der Waals surface area contributed by atoms with Gasteiger partial charge in [0, 0.05) is 6.07 Å². The van der Waals surface area contributed by atoms with Gasteiger partial charge in [0.1, 0.15) is 5.75 Å². The summed E-state index contributed by atoms with van der Waals surface area (Å²) in [4.78, 5) is 10.1. The zero-order valence-electron chi connectivity index (χ0n) is 12.4. The number of anilines is 1. The van der Waals surface area contributed by atoms with Gasteiger partial charge in [0.25, 0.3) is 10.0 Å². The summed E-state index contributed by atoms with van der Waals surface area (Å²) in [6.45, 7) is -0.602. The molecular formula is C15H12F3NO5S. The lowest BCUT2D eigenvalue weighted by molar-refractivity contribution is -0.139. The van der Waals surface area contributed by atoms with Crippen LogP contribution in [0.3, 0.4) is 0 Å². The van der Waals surface area contributed by atoms with Crippen LogP contribution in [0.2, 0.25) is 0 Å². The molecule has 2 aromatic carbocycles. The van der Waals surface area contributed by atoms with Gasteiger partial charge in [-0.25, -0.2) is 13.2 Å². The van der Waals surface area contributed by atoms with Crippen LogP contribution in [-0.4, -0.2) is 26.1 Å². The minimum atomic E-state index is -4.56. The minimum absolute atomic E-state index is 0.0720. The van der Waals surface area contributed by atoms with E-state index >= 15 is 0 Å². The fourth-order valence-corrected chi connectivity index (χ4v) is 2.88. The Morgan fingerprint density at radius 3 is 2.32 bits per heavy atom. The summed E-state index contributed by atoms with van der Waals surface area (Å²) in [5.41, 5.74) is -0.890. The normalized spacial score (nSPS) is 11.8. The molecule has 134 valence electrons. The molecule has 0 saturated heterocycles. The predicted molar refractivity (Wildman–Crippen MR) is 81.8 cm³/mol. The fourth-order valence-electron chi connectivity index (χ4n) is 1.83. The maximum absolute atomic E-state index is 12.5. The number of hydrogen-bond donors (Lipinski definition) is 2. The van der Waals surface area contributed by atoms with Crippen LogP contribution in [0.4, 0.5) is 18.9 Å². The second kappa shape index (κ2) is 7.01. The Hall–Kier alpha value is -2.75. The molecule has 0 radical (unpaired) electrons. The molecule has 0 atom stereocenters. The van der Waals surface area contributed by atoms with Crippen LogP contribution in [0.25, 0.3) is 0 Å². The van der Waals surface area contributed by atoms with Crippen LogP contribution >= 0.6 is 0 Å². The fraction of sp³-hybridized carbons (Fsp3) is 0.133. The molecule has 0 bridgehead atoms. The molecule has 0 aliphatic heterocycles. The van der Waals surface area contributed by atoms with Gasteiger partial charge < -0.3 is 9.84 Å². The van der Waals surface area contributed by atoms with Gasteiger partial charge in [-0.1, -0.05) is 6.07 Å². The zero-order chi connectivity index (χ0) is 18.7. The van der Waals surface area contributed by atoms with Crippen LogP contribution in [0.5, 0.6) is 5.75 Å². The molecular weight excluding hydrogens is 363 g/mol. The molecule has 0 aromatic heterocycles. The van der Waals surface area contributed by atoms with Gasteiger partial charge in [-0.15, -0.1) is 0 Å². The van der Waals surface area contributed by atoms with E-state index in [1.807, 2.05) is 0 Å². The summed E-state index contributed by atoms with van der Waals surface area (Å²) in [6.07, 6.45) is -4.56. The number of aliphatic carboxylic acids is 1. The first-order chi connectivity index (χ1) is 11.6. The van der Waals surface area contributed by atoms with Crippen molar-refractivity contribution in [2.45, 2.75) is 11.1 Å². The molecule has 0 amide bonds. The summed E-state index contributed by atoms with van der Waals surface area (Å²) < 4.78 is 69.1. The maximum atomic E-state index is 12.5. The molecule has 0 heterocycles. The number of carbonyl (C=O) groups is 1. The molecule has 2 aromatic rings. The largest absolute Gasteiger partial charge is 0.482 e. The van der Waals surface area contributed by atoms with Crippen molar-refractivity contribution in [3.8, 4) is 5.75 Å². The van der Waals surface area contributed by atoms with Gasteiger partial charge in [-0.3, -0.25) is 4.72 Å². The van der Waals surface area contributed by atoms with Gasteiger partial charge in [0.05, 0.1) is 16.1 Å². The molecule has 25 heavy (non-hydrogen) atoms. The number of carboxylic acid groups (broad SMARTS) is 1. The van der Waals surface area contributed by atoms with Gasteiger partial charge >= 0.3 is 12.1 Å². The molecule has 0 fully saturated rings. The lowest BCUT2D eigenvalue weighted by atomic mass is 10.2. The lowest BCUT2D eigenvalue weighted by Gasteiger charge is -2.11. The Balaban J connectivity index is 2.18. The highest BCUT2D eigenvalue weighted by Crippen LogP contribution is 2.30. The smallest absolute Gasteiger partial charge is 0.416 e. The third-order valence-electron chi connectivity index (χ3n) is 2.94. The molecule has 0 aliphatic rings. The van der Waals surface area contributed by atoms with Gasteiger partial charge in [-0.05, 0) is 36.4 Å². The number of ether oxygens (including phenoxy) is 1. The highest BCUT2D eigenvalue weighted by Gasteiger charge is 2.30. The quantitative estimate of drug-likeness (QED) is 0.810. The van der Waals surface area contributed by atoms with Crippen molar-refractivity contribution in [2.75, 3.05) is 11.3 Å². The van der Waals surface area contributed by atoms with E-state index in [4.69, 9.17) is 9.84 Å². The highest BCUT2D eigenvalue weighted by atomic mass is 32.2. The van der Waals surface area contributed by atoms with E-state index in [0.29, 0.717) is 12.1 Å². The van der Waals surface area contributed by atoms with Crippen molar-refractivity contribution in [1.29, 1.82) is 0 Å². The molecule has 2 rings (SSSR count). The standard InChI is InChI=1S/C15H12F3NO5S/c16-15(17,18)10-4-6-13(7-5-10)25(22,23)19-11-2-1-3-12(8-11)24-9-14(20)21/h1-8,19H,9H2,(H,20,21). The van der Waals surface area contributed by atoms with E-state index in [2.05, 4.69) is 4.72 Å². The Labute approximate surface area is 140 Å². The molecule has 10 heteroatoms. The number of sulfonamides is 1. The first-order valence-electron chi connectivity index (χ1n) is 6.73. The summed E-state index contributed by atoms with van der Waals surface area (Å²) in [5.74, 6) is -1.08. The van der Waals surface area contributed by atoms with Crippen molar-refractivity contribution in [1.82, 2.24) is 0 Å². The number of nitrogens with one attached hydrogen (secondary N) is 1. The van der Waals surface area contributed by atoms with Crippen LogP contribution < -0.4 is 9.46 Å². The van der Waals surface area contributed by atoms with Gasteiger partial charge in [0.15, 0.2) is 6.61 Å². The zero-order valence-corrected chi connectivity index (χ0v) is 13.3. The van der Waals surface area contributed by atoms with E-state index < -0.39 is 34.3 Å². The minimum Gasteiger partial charge on any atom is -0.482 e. The SMILES string of the molecule is O=C(O)COc1cccc(NS(=O)(=O)c2ccc(C(F)(F)F)cc2)c1. The van der Waals surface area contributed by atoms with Gasteiger partial charge in [-0.2, -0.15) is 13.2 Å². The molecule has 0 spiro atoms. The van der Waals surface area contributed by atoms with Crippen LogP contribution in [0.15, 0.2) is 53.4 Å². The Bertz CT molecular complexity index is 863. The first kappa shape index (κ1) is 18.6. The summed E-state index contributed by atoms with van der Waals surface area (Å²) in [5, 5.41) is 8.54. The third-order valence-corrected chi connectivity index (χ3v) is 4.34.